The van der Waals surface area contributed by atoms with Crippen LogP contribution in [-0.2, 0) is 16.6 Å². The van der Waals surface area contributed by atoms with Crippen molar-refractivity contribution in [2.75, 3.05) is 13.6 Å². The molecule has 0 aliphatic carbocycles. The topological polar surface area (TPSA) is 57.6 Å². The molecule has 1 aromatic carbocycles. The lowest BCUT2D eigenvalue weighted by molar-refractivity contribution is 0.281. The van der Waals surface area contributed by atoms with E-state index < -0.39 is 22.4 Å². The van der Waals surface area contributed by atoms with E-state index in [0.29, 0.717) is 6.54 Å². The van der Waals surface area contributed by atoms with Crippen LogP contribution in [0.15, 0.2) is 17.0 Å². The number of sulfonamides is 1. The van der Waals surface area contributed by atoms with Gasteiger partial charge in [-0.25, -0.2) is 17.1 Å². The molecule has 0 aromatic heterocycles. The number of halogens is 2. The number of benzene rings is 1. The molecular weight excluding hydrogens is 305 g/mol. The minimum absolute atomic E-state index is 0.0576. The molecule has 1 aromatic rings. The Labute approximate surface area is 124 Å². The normalized spacial score (nSPS) is 13.8. The summed E-state index contributed by atoms with van der Waals surface area (Å²) in [4.78, 5) is -0.200. The van der Waals surface area contributed by atoms with Crippen LogP contribution in [0.1, 0.15) is 25.8 Å². The molecule has 20 heavy (non-hydrogen) atoms. The summed E-state index contributed by atoms with van der Waals surface area (Å²) in [6.45, 7) is 3.73. The second kappa shape index (κ2) is 6.85. The second-order valence-electron chi connectivity index (χ2n) is 4.84. The minimum Gasteiger partial charge on any atom is -0.392 e. The summed E-state index contributed by atoms with van der Waals surface area (Å²) in [6, 6.07) is 2.08. The molecule has 4 nitrogen and oxygen atoms in total. The standard InChI is InChI=1S/C13H19ClFNO3S/c1-4-9(2)7-16(3)20(18,19)11-5-10(8-17)13(14)12(15)6-11/h5-6,9,17H,4,7-8H2,1-3H3. The number of nitrogens with zero attached hydrogens (tertiary/aromatic N) is 1. The molecule has 0 aliphatic rings. The van der Waals surface area contributed by atoms with Crippen molar-refractivity contribution in [2.45, 2.75) is 31.8 Å². The first-order valence-corrected chi connectivity index (χ1v) is 8.10. The van der Waals surface area contributed by atoms with E-state index >= 15 is 0 Å². The maximum atomic E-state index is 13.6. The van der Waals surface area contributed by atoms with E-state index in [9.17, 15) is 12.8 Å². The third kappa shape index (κ3) is 3.69. The molecule has 0 saturated carbocycles. The summed E-state index contributed by atoms with van der Waals surface area (Å²) < 4.78 is 39.5. The van der Waals surface area contributed by atoms with Crippen molar-refractivity contribution in [3.05, 3.63) is 28.5 Å². The largest absolute Gasteiger partial charge is 0.392 e. The maximum absolute atomic E-state index is 13.6. The van der Waals surface area contributed by atoms with Crippen molar-refractivity contribution < 1.29 is 17.9 Å². The zero-order valence-electron chi connectivity index (χ0n) is 11.7. The fourth-order valence-electron chi connectivity index (χ4n) is 1.73. The van der Waals surface area contributed by atoms with Gasteiger partial charge >= 0.3 is 0 Å². The molecule has 1 atom stereocenters. The molecule has 0 amide bonds. The van der Waals surface area contributed by atoms with Gasteiger partial charge in [-0.05, 0) is 18.1 Å². The molecule has 0 saturated heterocycles. The number of rotatable bonds is 6. The quantitative estimate of drug-likeness (QED) is 0.875. The van der Waals surface area contributed by atoms with Gasteiger partial charge in [-0.3, -0.25) is 0 Å². The molecule has 0 spiro atoms. The van der Waals surface area contributed by atoms with Gasteiger partial charge in [-0.2, -0.15) is 0 Å². The highest BCUT2D eigenvalue weighted by molar-refractivity contribution is 7.89. The summed E-state index contributed by atoms with van der Waals surface area (Å²) in [5.41, 5.74) is 0.0576. The summed E-state index contributed by atoms with van der Waals surface area (Å²) >= 11 is 5.66. The van der Waals surface area contributed by atoms with E-state index in [1.807, 2.05) is 13.8 Å². The third-order valence-corrected chi connectivity index (χ3v) is 5.45. The van der Waals surface area contributed by atoms with Gasteiger partial charge in [0.2, 0.25) is 10.0 Å². The molecule has 1 N–H and O–H groups in total. The number of hydrogen-bond donors (Lipinski definition) is 1. The van der Waals surface area contributed by atoms with E-state index in [1.54, 1.807) is 0 Å². The van der Waals surface area contributed by atoms with Gasteiger partial charge in [0.1, 0.15) is 5.82 Å². The molecule has 0 bridgehead atoms. The van der Waals surface area contributed by atoms with Crippen molar-refractivity contribution in [1.82, 2.24) is 4.31 Å². The van der Waals surface area contributed by atoms with Crippen LogP contribution in [0.5, 0.6) is 0 Å². The molecule has 1 rings (SSSR count). The van der Waals surface area contributed by atoms with Gasteiger partial charge in [0.05, 0.1) is 16.5 Å². The van der Waals surface area contributed by atoms with E-state index in [-0.39, 0.29) is 21.4 Å². The lowest BCUT2D eigenvalue weighted by Crippen LogP contribution is -2.31. The molecule has 0 radical (unpaired) electrons. The van der Waals surface area contributed by atoms with Crippen molar-refractivity contribution in [2.24, 2.45) is 5.92 Å². The first-order valence-electron chi connectivity index (χ1n) is 6.29. The van der Waals surface area contributed by atoms with Crippen molar-refractivity contribution in [1.29, 1.82) is 0 Å². The monoisotopic (exact) mass is 323 g/mol. The third-order valence-electron chi connectivity index (χ3n) is 3.22. The highest BCUT2D eigenvalue weighted by atomic mass is 35.5. The Morgan fingerprint density at radius 1 is 1.45 bits per heavy atom. The van der Waals surface area contributed by atoms with Crippen LogP contribution in [0.4, 0.5) is 4.39 Å². The molecular formula is C13H19ClFNO3S. The van der Waals surface area contributed by atoms with Crippen molar-refractivity contribution >= 4 is 21.6 Å². The molecule has 0 fully saturated rings. The average Bonchev–Trinajstić information content (AvgIpc) is 2.41. The predicted octanol–water partition coefficient (Wildman–Crippen LogP) is 2.64. The van der Waals surface area contributed by atoms with Crippen LogP contribution < -0.4 is 0 Å². The Morgan fingerprint density at radius 3 is 2.55 bits per heavy atom. The Balaban J connectivity index is 3.19. The van der Waals surface area contributed by atoms with Crippen LogP contribution in [0.3, 0.4) is 0 Å². The van der Waals surface area contributed by atoms with Crippen LogP contribution in [0.25, 0.3) is 0 Å². The Kier molecular flexibility index (Phi) is 5.94. The highest BCUT2D eigenvalue weighted by Crippen LogP contribution is 2.26. The summed E-state index contributed by atoms with van der Waals surface area (Å²) in [6.07, 6.45) is 0.844. The smallest absolute Gasteiger partial charge is 0.242 e. The second-order valence-corrected chi connectivity index (χ2v) is 7.26. The van der Waals surface area contributed by atoms with E-state index in [1.165, 1.54) is 17.4 Å². The Morgan fingerprint density at radius 2 is 2.05 bits per heavy atom. The Bertz CT molecular complexity index is 577. The van der Waals surface area contributed by atoms with Gasteiger partial charge in [-0.1, -0.05) is 31.9 Å². The Hall–Kier alpha value is -0.690. The first-order chi connectivity index (χ1) is 9.23. The maximum Gasteiger partial charge on any atom is 0.242 e. The van der Waals surface area contributed by atoms with Crippen LogP contribution in [0.2, 0.25) is 5.02 Å². The van der Waals surface area contributed by atoms with E-state index in [4.69, 9.17) is 16.7 Å². The molecule has 0 heterocycles. The number of hydrogen-bond acceptors (Lipinski definition) is 3. The number of aliphatic hydroxyl groups is 1. The zero-order chi connectivity index (χ0) is 15.5. The van der Waals surface area contributed by atoms with Gasteiger partial charge in [0.15, 0.2) is 0 Å². The fourth-order valence-corrected chi connectivity index (χ4v) is 3.25. The SMILES string of the molecule is CCC(C)CN(C)S(=O)(=O)c1cc(F)c(Cl)c(CO)c1. The zero-order valence-corrected chi connectivity index (χ0v) is 13.3. The van der Waals surface area contributed by atoms with Gasteiger partial charge < -0.3 is 5.11 Å². The molecule has 7 heteroatoms. The molecule has 1 unspecified atom stereocenters. The molecule has 0 aliphatic heterocycles. The summed E-state index contributed by atoms with van der Waals surface area (Å²) in [5, 5.41) is 8.84. The summed E-state index contributed by atoms with van der Waals surface area (Å²) in [7, 11) is -2.34. The van der Waals surface area contributed by atoms with Crippen LogP contribution in [0, 0.1) is 11.7 Å². The lowest BCUT2D eigenvalue weighted by atomic mass is 10.1. The fraction of sp³-hybridized carbons (Fsp3) is 0.538. The first kappa shape index (κ1) is 17.4. The van der Waals surface area contributed by atoms with Gasteiger partial charge in [0, 0.05) is 19.2 Å². The molecule has 114 valence electrons. The predicted molar refractivity (Wildman–Crippen MR) is 76.6 cm³/mol. The van der Waals surface area contributed by atoms with E-state index in [2.05, 4.69) is 0 Å². The van der Waals surface area contributed by atoms with Crippen molar-refractivity contribution in [3.63, 3.8) is 0 Å². The van der Waals surface area contributed by atoms with Gasteiger partial charge in [0.25, 0.3) is 0 Å². The van der Waals surface area contributed by atoms with Crippen molar-refractivity contribution in [3.8, 4) is 0 Å². The van der Waals surface area contributed by atoms with Crippen LogP contribution in [-0.4, -0.2) is 31.4 Å². The lowest BCUT2D eigenvalue weighted by Gasteiger charge is -2.21. The number of aliphatic hydroxyl groups excluding tert-OH is 1. The minimum atomic E-state index is -3.79. The van der Waals surface area contributed by atoms with Crippen LogP contribution >= 0.6 is 11.6 Å². The summed E-state index contributed by atoms with van der Waals surface area (Å²) in [5.74, 6) is -0.655. The van der Waals surface area contributed by atoms with E-state index in [0.717, 1.165) is 12.5 Å². The van der Waals surface area contributed by atoms with Gasteiger partial charge in [-0.15, -0.1) is 0 Å². The average molecular weight is 324 g/mol. The highest BCUT2D eigenvalue weighted by Gasteiger charge is 2.24.